The molecule has 136 valence electrons. The fourth-order valence-corrected chi connectivity index (χ4v) is 3.74. The van der Waals surface area contributed by atoms with Gasteiger partial charge in [0, 0.05) is 30.0 Å². The Hall–Kier alpha value is -3.07. The van der Waals surface area contributed by atoms with Crippen LogP contribution in [0.3, 0.4) is 0 Å². The van der Waals surface area contributed by atoms with Gasteiger partial charge in [0.05, 0.1) is 0 Å². The summed E-state index contributed by atoms with van der Waals surface area (Å²) in [5, 5.41) is 2.96. The average Bonchev–Trinajstić information content (AvgIpc) is 2.76. The lowest BCUT2D eigenvalue weighted by molar-refractivity contribution is 0.102. The zero-order chi connectivity index (χ0) is 18.5. The Morgan fingerprint density at radius 1 is 0.778 bits per heavy atom. The van der Waals surface area contributed by atoms with E-state index in [9.17, 15) is 4.79 Å². The highest BCUT2D eigenvalue weighted by Gasteiger charge is 2.20. The van der Waals surface area contributed by atoms with Gasteiger partial charge in [-0.15, -0.1) is 0 Å². The second kappa shape index (κ2) is 8.09. The molecule has 1 aliphatic heterocycles. The molecule has 0 aliphatic carbocycles. The van der Waals surface area contributed by atoms with E-state index in [1.165, 1.54) is 24.1 Å². The van der Waals surface area contributed by atoms with Gasteiger partial charge in [0.2, 0.25) is 0 Å². The van der Waals surface area contributed by atoms with E-state index >= 15 is 0 Å². The summed E-state index contributed by atoms with van der Waals surface area (Å²) in [6, 6.07) is 28.3. The molecule has 1 amide bonds. The predicted octanol–water partition coefficient (Wildman–Crippen LogP) is 5.32. The lowest BCUT2D eigenvalue weighted by atomic mass is 9.89. The molecule has 0 bridgehead atoms. The summed E-state index contributed by atoms with van der Waals surface area (Å²) in [6.45, 7) is 2.13. The number of hydrogen-bond donors (Lipinski definition) is 1. The van der Waals surface area contributed by atoms with Gasteiger partial charge in [0.25, 0.3) is 5.91 Å². The summed E-state index contributed by atoms with van der Waals surface area (Å²) in [6.07, 6.45) is 2.35. The molecule has 1 heterocycles. The molecule has 1 aliphatic rings. The van der Waals surface area contributed by atoms with E-state index < -0.39 is 0 Å². The van der Waals surface area contributed by atoms with E-state index in [2.05, 4.69) is 52.7 Å². The van der Waals surface area contributed by atoms with Gasteiger partial charge in [-0.2, -0.15) is 0 Å². The Balaban J connectivity index is 1.35. The van der Waals surface area contributed by atoms with Crippen molar-refractivity contribution in [3.05, 3.63) is 96.1 Å². The molecule has 0 atom stereocenters. The van der Waals surface area contributed by atoms with Crippen LogP contribution in [0.25, 0.3) is 0 Å². The summed E-state index contributed by atoms with van der Waals surface area (Å²) < 4.78 is 0. The molecule has 0 spiro atoms. The second-order valence-electron chi connectivity index (χ2n) is 7.04. The molecule has 3 aromatic rings. The summed E-state index contributed by atoms with van der Waals surface area (Å²) in [5.74, 6) is 0.582. The van der Waals surface area contributed by atoms with Crippen LogP contribution in [0.4, 0.5) is 11.4 Å². The highest BCUT2D eigenvalue weighted by Crippen LogP contribution is 2.30. The van der Waals surface area contributed by atoms with Crippen LogP contribution in [0.15, 0.2) is 84.9 Å². The first-order valence-electron chi connectivity index (χ1n) is 9.56. The number of anilines is 2. The maximum atomic E-state index is 12.2. The number of piperidine rings is 1. The zero-order valence-electron chi connectivity index (χ0n) is 15.3. The van der Waals surface area contributed by atoms with Crippen LogP contribution in [0.2, 0.25) is 0 Å². The van der Waals surface area contributed by atoms with Crippen molar-refractivity contribution in [2.24, 2.45) is 0 Å². The highest BCUT2D eigenvalue weighted by molar-refractivity contribution is 6.04. The minimum Gasteiger partial charge on any atom is -0.371 e. The number of benzene rings is 3. The summed E-state index contributed by atoms with van der Waals surface area (Å²) in [7, 11) is 0. The minimum absolute atomic E-state index is 0.0768. The van der Waals surface area contributed by atoms with Gasteiger partial charge in [-0.25, -0.2) is 0 Å². The third kappa shape index (κ3) is 4.20. The summed E-state index contributed by atoms with van der Waals surface area (Å²) in [5.41, 5.74) is 4.17. The second-order valence-corrected chi connectivity index (χ2v) is 7.04. The fraction of sp³-hybridized carbons (Fsp3) is 0.208. The van der Waals surface area contributed by atoms with Gasteiger partial charge in [0.15, 0.2) is 0 Å². The first kappa shape index (κ1) is 17.3. The molecular weight excluding hydrogens is 332 g/mol. The number of nitrogens with zero attached hydrogens (tertiary/aromatic N) is 1. The Kier molecular flexibility index (Phi) is 5.20. The topological polar surface area (TPSA) is 32.3 Å². The van der Waals surface area contributed by atoms with Crippen LogP contribution in [0, 0.1) is 0 Å². The first-order chi connectivity index (χ1) is 13.3. The summed E-state index contributed by atoms with van der Waals surface area (Å²) in [4.78, 5) is 14.7. The fourth-order valence-electron chi connectivity index (χ4n) is 3.74. The van der Waals surface area contributed by atoms with E-state index in [0.29, 0.717) is 11.5 Å². The van der Waals surface area contributed by atoms with Crippen molar-refractivity contribution in [1.29, 1.82) is 0 Å². The van der Waals surface area contributed by atoms with Crippen LogP contribution in [0.1, 0.15) is 34.7 Å². The van der Waals surface area contributed by atoms with Gasteiger partial charge in [-0.3, -0.25) is 4.79 Å². The monoisotopic (exact) mass is 356 g/mol. The van der Waals surface area contributed by atoms with Gasteiger partial charge in [-0.1, -0.05) is 48.5 Å². The van der Waals surface area contributed by atoms with Crippen molar-refractivity contribution in [2.75, 3.05) is 23.3 Å². The maximum absolute atomic E-state index is 12.2. The van der Waals surface area contributed by atoms with Crippen molar-refractivity contribution in [1.82, 2.24) is 0 Å². The lowest BCUT2D eigenvalue weighted by Crippen LogP contribution is -2.32. The number of rotatable bonds is 4. The van der Waals surface area contributed by atoms with Gasteiger partial charge < -0.3 is 10.2 Å². The van der Waals surface area contributed by atoms with Crippen LogP contribution in [-0.4, -0.2) is 19.0 Å². The van der Waals surface area contributed by atoms with Crippen LogP contribution in [-0.2, 0) is 0 Å². The SMILES string of the molecule is O=C(Nc1ccc(N2CCC(c3ccccc3)CC2)cc1)c1ccccc1. The van der Waals surface area contributed by atoms with Gasteiger partial charge >= 0.3 is 0 Å². The number of nitrogens with one attached hydrogen (secondary N) is 1. The molecule has 1 saturated heterocycles. The molecule has 1 N–H and O–H groups in total. The number of carbonyl (C=O) groups is 1. The van der Waals surface area contributed by atoms with Crippen LogP contribution >= 0.6 is 0 Å². The van der Waals surface area contributed by atoms with Crippen LogP contribution < -0.4 is 10.2 Å². The third-order valence-corrected chi connectivity index (χ3v) is 5.29. The molecule has 0 aromatic heterocycles. The number of hydrogen-bond acceptors (Lipinski definition) is 2. The van der Waals surface area contributed by atoms with Gasteiger partial charge in [0.1, 0.15) is 0 Å². The Morgan fingerprint density at radius 2 is 1.37 bits per heavy atom. The normalized spacial score (nSPS) is 14.7. The van der Waals surface area contributed by atoms with E-state index in [1.807, 2.05) is 42.5 Å². The van der Waals surface area contributed by atoms with Crippen molar-refractivity contribution in [2.45, 2.75) is 18.8 Å². The highest BCUT2D eigenvalue weighted by atomic mass is 16.1. The molecule has 1 fully saturated rings. The molecule has 3 aromatic carbocycles. The smallest absolute Gasteiger partial charge is 0.255 e. The van der Waals surface area contributed by atoms with E-state index in [1.54, 1.807) is 0 Å². The summed E-state index contributed by atoms with van der Waals surface area (Å²) >= 11 is 0. The molecule has 3 heteroatoms. The van der Waals surface area contributed by atoms with Crippen molar-refractivity contribution in [3.63, 3.8) is 0 Å². The Bertz CT molecular complexity index is 867. The molecular formula is C24H24N2O. The van der Waals surface area contributed by atoms with Crippen molar-refractivity contribution < 1.29 is 4.79 Å². The molecule has 4 rings (SSSR count). The molecule has 27 heavy (non-hydrogen) atoms. The Morgan fingerprint density at radius 3 is 2.00 bits per heavy atom. The van der Waals surface area contributed by atoms with Crippen molar-refractivity contribution in [3.8, 4) is 0 Å². The number of carbonyl (C=O) groups excluding carboxylic acids is 1. The first-order valence-corrected chi connectivity index (χ1v) is 9.56. The predicted molar refractivity (Wildman–Crippen MR) is 111 cm³/mol. The van der Waals surface area contributed by atoms with Gasteiger partial charge in [-0.05, 0) is 60.7 Å². The zero-order valence-corrected chi connectivity index (χ0v) is 15.3. The molecule has 0 unspecified atom stereocenters. The van der Waals surface area contributed by atoms with Crippen LogP contribution in [0.5, 0.6) is 0 Å². The molecule has 0 saturated carbocycles. The average molecular weight is 356 g/mol. The lowest BCUT2D eigenvalue weighted by Gasteiger charge is -2.34. The largest absolute Gasteiger partial charge is 0.371 e. The number of amides is 1. The minimum atomic E-state index is -0.0768. The molecule has 0 radical (unpaired) electrons. The Labute approximate surface area is 160 Å². The van der Waals surface area contributed by atoms with E-state index in [0.717, 1.165) is 18.8 Å². The van der Waals surface area contributed by atoms with E-state index in [4.69, 9.17) is 0 Å². The standard InChI is InChI=1S/C24H24N2O/c27-24(21-9-5-2-6-10-21)25-22-11-13-23(14-12-22)26-17-15-20(16-18-26)19-7-3-1-4-8-19/h1-14,20H,15-18H2,(H,25,27). The maximum Gasteiger partial charge on any atom is 0.255 e. The quantitative estimate of drug-likeness (QED) is 0.686. The van der Waals surface area contributed by atoms with E-state index in [-0.39, 0.29) is 5.91 Å². The third-order valence-electron chi connectivity index (χ3n) is 5.29. The molecule has 3 nitrogen and oxygen atoms in total. The van der Waals surface area contributed by atoms with Crippen molar-refractivity contribution >= 4 is 17.3 Å².